The monoisotopic (exact) mass is 508 g/mol. The number of nitrogens with one attached hydrogen (secondary N) is 1. The summed E-state index contributed by atoms with van der Waals surface area (Å²) in [5.74, 6) is 0.747. The van der Waals surface area contributed by atoms with Crippen LogP contribution in [0.3, 0.4) is 0 Å². The Labute approximate surface area is 209 Å². The van der Waals surface area contributed by atoms with E-state index in [1.165, 1.54) is 22.3 Å². The van der Waals surface area contributed by atoms with Gasteiger partial charge in [0.25, 0.3) is 5.56 Å². The smallest absolute Gasteiger partial charge is 0.318 e. The molecule has 3 heterocycles. The first-order valence-electron chi connectivity index (χ1n) is 11.6. The number of aryl methyl sites for hydroxylation is 2. The number of hydrogen-bond acceptors (Lipinski definition) is 4. The Hall–Kier alpha value is -3.64. The fourth-order valence-electron chi connectivity index (χ4n) is 4.94. The van der Waals surface area contributed by atoms with Crippen molar-refractivity contribution < 1.29 is 13.2 Å². The van der Waals surface area contributed by atoms with Crippen molar-refractivity contribution >= 4 is 33.2 Å². The molecular formula is C27H23F3N4OS. The number of allylic oxidation sites excluding steroid dienone is 1. The van der Waals surface area contributed by atoms with Crippen LogP contribution in [0.1, 0.15) is 52.1 Å². The molecule has 3 aromatic heterocycles. The Morgan fingerprint density at radius 3 is 2.81 bits per heavy atom. The number of halogens is 3. The topological polar surface area (TPSA) is 74.5 Å². The normalized spacial score (nSPS) is 16.2. The van der Waals surface area contributed by atoms with Crippen molar-refractivity contribution in [1.82, 2.24) is 14.5 Å². The maximum Gasteiger partial charge on any atom is 0.416 e. The highest BCUT2D eigenvalue weighted by Crippen LogP contribution is 2.36. The number of thiophene rings is 1. The first-order chi connectivity index (χ1) is 17.1. The van der Waals surface area contributed by atoms with Gasteiger partial charge < -0.3 is 9.55 Å². The first-order valence-corrected chi connectivity index (χ1v) is 12.4. The maximum atomic E-state index is 13.2. The summed E-state index contributed by atoms with van der Waals surface area (Å²) in [5.41, 5.74) is 2.69. The molecule has 0 fully saturated rings. The standard InChI is InChI=1S/C27H23F3N4OS/c1-14-7-8-21-22(9-14)36-26-23(21)25(35)32-24(33-26)18(13-31)11-17-10-15(2)34(16(17)3)20-6-4-5-19(12-20)27(28,29)30/h4-6,10-12,14H,7-9H2,1-3H3,(H,32,33,35). The summed E-state index contributed by atoms with van der Waals surface area (Å²) >= 11 is 1.51. The summed E-state index contributed by atoms with van der Waals surface area (Å²) in [4.78, 5) is 22.2. The molecule has 4 aromatic rings. The summed E-state index contributed by atoms with van der Waals surface area (Å²) in [5, 5.41) is 10.5. The lowest BCUT2D eigenvalue weighted by atomic mass is 9.89. The second-order valence-corrected chi connectivity index (χ2v) is 10.4. The molecule has 1 unspecified atom stereocenters. The third-order valence-corrected chi connectivity index (χ3v) is 7.89. The second-order valence-electron chi connectivity index (χ2n) is 9.33. The molecule has 0 saturated heterocycles. The predicted molar refractivity (Wildman–Crippen MR) is 135 cm³/mol. The third-order valence-electron chi connectivity index (χ3n) is 6.74. The molecule has 1 N–H and O–H groups in total. The van der Waals surface area contributed by atoms with Crippen molar-refractivity contribution in [2.24, 2.45) is 5.92 Å². The summed E-state index contributed by atoms with van der Waals surface area (Å²) < 4.78 is 41.4. The van der Waals surface area contributed by atoms with Crippen molar-refractivity contribution in [1.29, 1.82) is 5.26 Å². The summed E-state index contributed by atoms with van der Waals surface area (Å²) in [7, 11) is 0. The van der Waals surface area contributed by atoms with Crippen LogP contribution in [0.15, 0.2) is 35.1 Å². The van der Waals surface area contributed by atoms with Crippen LogP contribution in [0.4, 0.5) is 13.2 Å². The van der Waals surface area contributed by atoms with Gasteiger partial charge in [0.15, 0.2) is 5.82 Å². The molecule has 1 atom stereocenters. The molecule has 1 aliphatic rings. The van der Waals surface area contributed by atoms with E-state index < -0.39 is 11.7 Å². The van der Waals surface area contributed by atoms with Crippen LogP contribution in [-0.4, -0.2) is 14.5 Å². The summed E-state index contributed by atoms with van der Waals surface area (Å²) in [6.45, 7) is 5.77. The van der Waals surface area contributed by atoms with Crippen LogP contribution in [0.2, 0.25) is 0 Å². The molecule has 1 aromatic carbocycles. The summed E-state index contributed by atoms with van der Waals surface area (Å²) in [6.07, 6.45) is -0.0232. The van der Waals surface area contributed by atoms with E-state index in [9.17, 15) is 23.2 Å². The van der Waals surface area contributed by atoms with Gasteiger partial charge in [-0.1, -0.05) is 13.0 Å². The number of aromatic nitrogens is 3. The lowest BCUT2D eigenvalue weighted by molar-refractivity contribution is -0.137. The summed E-state index contributed by atoms with van der Waals surface area (Å²) in [6, 6.07) is 9.05. The molecule has 0 bridgehead atoms. The average molecular weight is 509 g/mol. The number of aromatic amines is 1. The molecule has 5 rings (SSSR count). The quantitative estimate of drug-likeness (QED) is 0.317. The zero-order valence-electron chi connectivity index (χ0n) is 20.0. The van der Waals surface area contributed by atoms with Gasteiger partial charge in [0, 0.05) is 22.0 Å². The minimum atomic E-state index is -4.45. The average Bonchev–Trinajstić information content (AvgIpc) is 3.32. The number of nitrogens with zero attached hydrogens (tertiary/aromatic N) is 3. The van der Waals surface area contributed by atoms with Crippen LogP contribution >= 0.6 is 11.3 Å². The van der Waals surface area contributed by atoms with E-state index in [0.717, 1.165) is 37.0 Å². The van der Waals surface area contributed by atoms with E-state index in [1.807, 2.05) is 0 Å². The van der Waals surface area contributed by atoms with Gasteiger partial charge in [-0.2, -0.15) is 18.4 Å². The first kappa shape index (κ1) is 24.1. The third kappa shape index (κ3) is 4.16. The SMILES string of the molecule is Cc1cc(C=C(C#N)c2nc3sc4c(c3c(=O)[nH]2)CCC(C)C4)c(C)n1-c1cccc(C(F)(F)F)c1. The van der Waals surface area contributed by atoms with E-state index in [4.69, 9.17) is 0 Å². The minimum Gasteiger partial charge on any atom is -0.318 e. The molecule has 5 nitrogen and oxygen atoms in total. The fourth-order valence-corrected chi connectivity index (χ4v) is 6.32. The molecule has 9 heteroatoms. The number of fused-ring (bicyclic) bond motifs is 3. The van der Waals surface area contributed by atoms with Gasteiger partial charge >= 0.3 is 6.18 Å². The van der Waals surface area contributed by atoms with Crippen molar-refractivity contribution in [3.8, 4) is 11.8 Å². The van der Waals surface area contributed by atoms with Crippen LogP contribution in [0, 0.1) is 31.1 Å². The van der Waals surface area contributed by atoms with Crippen LogP contribution < -0.4 is 5.56 Å². The zero-order chi connectivity index (χ0) is 25.8. The Balaban J connectivity index is 1.58. The number of hydrogen-bond donors (Lipinski definition) is 1. The zero-order valence-corrected chi connectivity index (χ0v) is 20.8. The van der Waals surface area contributed by atoms with Gasteiger partial charge in [-0.3, -0.25) is 4.79 Å². The second kappa shape index (κ2) is 8.79. The van der Waals surface area contributed by atoms with Crippen molar-refractivity contribution in [3.05, 3.63) is 79.5 Å². The van der Waals surface area contributed by atoms with E-state index in [2.05, 4.69) is 23.0 Å². The number of nitriles is 1. The largest absolute Gasteiger partial charge is 0.416 e. The van der Waals surface area contributed by atoms with Crippen LogP contribution in [-0.2, 0) is 19.0 Å². The highest BCUT2D eigenvalue weighted by molar-refractivity contribution is 7.18. The van der Waals surface area contributed by atoms with Gasteiger partial charge in [0.1, 0.15) is 10.9 Å². The van der Waals surface area contributed by atoms with Crippen molar-refractivity contribution in [3.63, 3.8) is 0 Å². The minimum absolute atomic E-state index is 0.179. The van der Waals surface area contributed by atoms with E-state index in [0.29, 0.717) is 38.8 Å². The lowest BCUT2D eigenvalue weighted by Gasteiger charge is -2.17. The fraction of sp³-hybridized carbons (Fsp3) is 0.296. The number of rotatable bonds is 3. The lowest BCUT2D eigenvalue weighted by Crippen LogP contribution is -2.14. The van der Waals surface area contributed by atoms with E-state index >= 15 is 0 Å². The number of alkyl halides is 3. The molecule has 0 amide bonds. The molecule has 0 spiro atoms. The van der Waals surface area contributed by atoms with Gasteiger partial charge in [-0.05, 0) is 80.5 Å². The van der Waals surface area contributed by atoms with Gasteiger partial charge in [0.2, 0.25) is 0 Å². The Morgan fingerprint density at radius 2 is 2.08 bits per heavy atom. The molecule has 0 aliphatic heterocycles. The Morgan fingerprint density at radius 1 is 1.31 bits per heavy atom. The van der Waals surface area contributed by atoms with Crippen molar-refractivity contribution in [2.45, 2.75) is 46.2 Å². The Bertz CT molecular complexity index is 1630. The maximum absolute atomic E-state index is 13.2. The molecule has 0 saturated carbocycles. The molecule has 0 radical (unpaired) electrons. The highest BCUT2D eigenvalue weighted by Gasteiger charge is 2.31. The van der Waals surface area contributed by atoms with Crippen molar-refractivity contribution in [2.75, 3.05) is 0 Å². The van der Waals surface area contributed by atoms with Crippen LogP contribution in [0.5, 0.6) is 0 Å². The molecule has 36 heavy (non-hydrogen) atoms. The van der Waals surface area contributed by atoms with Crippen LogP contribution in [0.25, 0.3) is 27.6 Å². The van der Waals surface area contributed by atoms with Gasteiger partial charge in [0.05, 0.1) is 16.5 Å². The predicted octanol–water partition coefficient (Wildman–Crippen LogP) is 6.60. The van der Waals surface area contributed by atoms with Gasteiger partial charge in [-0.15, -0.1) is 11.3 Å². The van der Waals surface area contributed by atoms with E-state index in [-0.39, 0.29) is 17.0 Å². The molecule has 184 valence electrons. The number of H-pyrrole nitrogens is 1. The van der Waals surface area contributed by atoms with Gasteiger partial charge in [-0.25, -0.2) is 4.98 Å². The van der Waals surface area contributed by atoms with E-state index in [1.54, 1.807) is 36.6 Å². The molecular weight excluding hydrogens is 485 g/mol. The Kier molecular flexibility index (Phi) is 5.87. The molecule has 1 aliphatic carbocycles. The number of benzene rings is 1. The highest BCUT2D eigenvalue weighted by atomic mass is 32.1.